The van der Waals surface area contributed by atoms with Gasteiger partial charge in [-0.1, -0.05) is 0 Å². The molecule has 0 radical (unpaired) electrons. The molecule has 0 unspecified atom stereocenters. The Kier molecular flexibility index (Phi) is 5.74. The molecule has 0 aliphatic heterocycles. The maximum absolute atomic E-state index is 11.4. The number of nitro groups is 1. The molecule has 19 heavy (non-hydrogen) atoms. The predicted molar refractivity (Wildman–Crippen MR) is 69.4 cm³/mol. The first kappa shape index (κ1) is 14.9. The van der Waals surface area contributed by atoms with Crippen LogP contribution in [0.5, 0.6) is 0 Å². The molecule has 0 aromatic heterocycles. The summed E-state index contributed by atoms with van der Waals surface area (Å²) in [7, 11) is 2.84. The third kappa shape index (κ3) is 4.22. The zero-order chi connectivity index (χ0) is 14.3. The lowest BCUT2D eigenvalue weighted by atomic mass is 10.1. The van der Waals surface area contributed by atoms with Crippen LogP contribution in [0.4, 0.5) is 11.4 Å². The number of nitrogens with one attached hydrogen (secondary N) is 1. The normalized spacial score (nSPS) is 10.0. The van der Waals surface area contributed by atoms with Crippen molar-refractivity contribution >= 4 is 17.3 Å². The summed E-state index contributed by atoms with van der Waals surface area (Å²) in [5.41, 5.74) is 0.483. The van der Waals surface area contributed by atoms with Crippen LogP contribution in [0.3, 0.4) is 0 Å². The average Bonchev–Trinajstić information content (AvgIpc) is 2.42. The van der Waals surface area contributed by atoms with Crippen molar-refractivity contribution in [3.05, 3.63) is 33.9 Å². The van der Waals surface area contributed by atoms with Crippen LogP contribution < -0.4 is 5.32 Å². The van der Waals surface area contributed by atoms with E-state index >= 15 is 0 Å². The number of hydrogen-bond acceptors (Lipinski definition) is 6. The molecule has 104 valence electrons. The van der Waals surface area contributed by atoms with Gasteiger partial charge >= 0.3 is 5.97 Å². The molecule has 7 heteroatoms. The van der Waals surface area contributed by atoms with Crippen molar-refractivity contribution in [1.29, 1.82) is 0 Å². The van der Waals surface area contributed by atoms with Gasteiger partial charge in [0.05, 0.1) is 17.6 Å². The van der Waals surface area contributed by atoms with Gasteiger partial charge in [0.25, 0.3) is 5.69 Å². The molecule has 0 atom stereocenters. The van der Waals surface area contributed by atoms with Crippen molar-refractivity contribution in [3.63, 3.8) is 0 Å². The molecule has 0 aliphatic rings. The van der Waals surface area contributed by atoms with Gasteiger partial charge in [0.1, 0.15) is 5.69 Å². The van der Waals surface area contributed by atoms with Gasteiger partial charge in [-0.3, -0.25) is 10.1 Å². The number of esters is 1. The highest BCUT2D eigenvalue weighted by molar-refractivity contribution is 5.91. The quantitative estimate of drug-likeness (QED) is 0.351. The van der Waals surface area contributed by atoms with Crippen molar-refractivity contribution in [2.45, 2.75) is 6.42 Å². The van der Waals surface area contributed by atoms with E-state index in [1.54, 1.807) is 7.11 Å². The van der Waals surface area contributed by atoms with Gasteiger partial charge in [0, 0.05) is 26.3 Å². The molecule has 0 saturated heterocycles. The van der Waals surface area contributed by atoms with Gasteiger partial charge in [0.2, 0.25) is 0 Å². The number of nitro benzene ring substituents is 1. The number of rotatable bonds is 7. The van der Waals surface area contributed by atoms with Crippen LogP contribution >= 0.6 is 0 Å². The molecule has 0 aliphatic carbocycles. The molecule has 1 N–H and O–H groups in total. The fourth-order valence-electron chi connectivity index (χ4n) is 1.52. The fourth-order valence-corrected chi connectivity index (χ4v) is 1.52. The summed E-state index contributed by atoms with van der Waals surface area (Å²) in [6.45, 7) is 1.07. The number of hydrogen-bond donors (Lipinski definition) is 1. The fraction of sp³-hybridized carbons (Fsp3) is 0.417. The lowest BCUT2D eigenvalue weighted by Crippen LogP contribution is -2.08. The second-order valence-corrected chi connectivity index (χ2v) is 3.75. The number of anilines is 1. The maximum Gasteiger partial charge on any atom is 0.337 e. The van der Waals surface area contributed by atoms with Crippen LogP contribution in [0.2, 0.25) is 0 Å². The number of nitrogens with zero attached hydrogens (tertiary/aromatic N) is 1. The van der Waals surface area contributed by atoms with Crippen LogP contribution in [0.15, 0.2) is 18.2 Å². The Balaban J connectivity index is 2.89. The number of benzene rings is 1. The molecular formula is C12H16N2O5. The first-order chi connectivity index (χ1) is 9.10. The van der Waals surface area contributed by atoms with Crippen molar-refractivity contribution in [1.82, 2.24) is 0 Å². The van der Waals surface area contributed by atoms with Crippen molar-refractivity contribution in [2.24, 2.45) is 0 Å². The first-order valence-electron chi connectivity index (χ1n) is 5.69. The van der Waals surface area contributed by atoms with E-state index < -0.39 is 10.9 Å². The van der Waals surface area contributed by atoms with E-state index in [0.29, 0.717) is 25.3 Å². The third-order valence-electron chi connectivity index (χ3n) is 2.46. The van der Waals surface area contributed by atoms with E-state index in [4.69, 9.17) is 4.74 Å². The molecule has 1 aromatic carbocycles. The van der Waals surface area contributed by atoms with Gasteiger partial charge in [-0.25, -0.2) is 4.79 Å². The molecule has 0 fully saturated rings. The Morgan fingerprint density at radius 3 is 2.74 bits per heavy atom. The van der Waals surface area contributed by atoms with Crippen LogP contribution in [-0.4, -0.2) is 38.3 Å². The zero-order valence-electron chi connectivity index (χ0n) is 10.8. The molecule has 0 amide bonds. The first-order valence-corrected chi connectivity index (χ1v) is 5.69. The maximum atomic E-state index is 11.4. The number of ether oxygens (including phenoxy) is 2. The number of carbonyl (C=O) groups excluding carboxylic acids is 1. The van der Waals surface area contributed by atoms with E-state index in [0.717, 1.165) is 0 Å². The standard InChI is InChI=1S/C12H16N2O5/c1-18-7-3-6-13-10-8-9(12(15)19-2)4-5-11(10)14(16)17/h4-5,8,13H,3,6-7H2,1-2H3. The van der Waals surface area contributed by atoms with E-state index in [1.165, 1.54) is 25.3 Å². The number of carbonyl (C=O) groups is 1. The zero-order valence-corrected chi connectivity index (χ0v) is 10.8. The van der Waals surface area contributed by atoms with Crippen molar-refractivity contribution in [3.8, 4) is 0 Å². The van der Waals surface area contributed by atoms with Crippen LogP contribution in [0, 0.1) is 10.1 Å². The van der Waals surface area contributed by atoms with E-state index in [-0.39, 0.29) is 11.3 Å². The Hall–Kier alpha value is -2.15. The number of methoxy groups -OCH3 is 2. The smallest absolute Gasteiger partial charge is 0.337 e. The SMILES string of the molecule is COCCCNc1cc(C(=O)OC)ccc1[N+](=O)[O-]. The second-order valence-electron chi connectivity index (χ2n) is 3.75. The van der Waals surface area contributed by atoms with Crippen LogP contribution in [-0.2, 0) is 9.47 Å². The van der Waals surface area contributed by atoms with Gasteiger partial charge in [-0.05, 0) is 18.6 Å². The highest BCUT2D eigenvalue weighted by atomic mass is 16.6. The van der Waals surface area contributed by atoms with Crippen molar-refractivity contribution < 1.29 is 19.2 Å². The summed E-state index contributed by atoms with van der Waals surface area (Å²) in [6, 6.07) is 4.06. The lowest BCUT2D eigenvalue weighted by Gasteiger charge is -2.08. The highest BCUT2D eigenvalue weighted by Crippen LogP contribution is 2.25. The van der Waals surface area contributed by atoms with E-state index in [1.807, 2.05) is 0 Å². The molecule has 0 saturated carbocycles. The summed E-state index contributed by atoms with van der Waals surface area (Å²) in [4.78, 5) is 21.8. The minimum atomic E-state index is -0.533. The van der Waals surface area contributed by atoms with Gasteiger partial charge in [0.15, 0.2) is 0 Å². The topological polar surface area (TPSA) is 90.7 Å². The summed E-state index contributed by atoms with van der Waals surface area (Å²) in [6.07, 6.45) is 0.704. The molecule has 0 heterocycles. The van der Waals surface area contributed by atoms with Crippen LogP contribution in [0.1, 0.15) is 16.8 Å². The summed E-state index contributed by atoms with van der Waals surface area (Å²) in [5, 5.41) is 13.8. The summed E-state index contributed by atoms with van der Waals surface area (Å²) < 4.78 is 9.47. The Morgan fingerprint density at radius 1 is 1.42 bits per heavy atom. The molecule has 7 nitrogen and oxygen atoms in total. The summed E-state index contributed by atoms with van der Waals surface area (Å²) in [5.74, 6) is -0.533. The largest absolute Gasteiger partial charge is 0.465 e. The predicted octanol–water partition coefficient (Wildman–Crippen LogP) is 1.83. The minimum absolute atomic E-state index is 0.0786. The summed E-state index contributed by atoms with van der Waals surface area (Å²) >= 11 is 0. The average molecular weight is 268 g/mol. The monoisotopic (exact) mass is 268 g/mol. The Bertz CT molecular complexity index is 461. The molecule has 1 rings (SSSR count). The Morgan fingerprint density at radius 2 is 2.16 bits per heavy atom. The highest BCUT2D eigenvalue weighted by Gasteiger charge is 2.16. The van der Waals surface area contributed by atoms with E-state index in [2.05, 4.69) is 10.1 Å². The van der Waals surface area contributed by atoms with Gasteiger partial charge < -0.3 is 14.8 Å². The van der Waals surface area contributed by atoms with Gasteiger partial charge in [-0.15, -0.1) is 0 Å². The van der Waals surface area contributed by atoms with E-state index in [9.17, 15) is 14.9 Å². The molecular weight excluding hydrogens is 252 g/mol. The molecule has 0 bridgehead atoms. The van der Waals surface area contributed by atoms with Crippen molar-refractivity contribution in [2.75, 3.05) is 32.7 Å². The molecule has 1 aromatic rings. The Labute approximate surface area is 110 Å². The lowest BCUT2D eigenvalue weighted by molar-refractivity contribution is -0.384. The van der Waals surface area contributed by atoms with Crippen LogP contribution in [0.25, 0.3) is 0 Å². The second kappa shape index (κ2) is 7.32. The minimum Gasteiger partial charge on any atom is -0.465 e. The van der Waals surface area contributed by atoms with Gasteiger partial charge in [-0.2, -0.15) is 0 Å². The molecule has 0 spiro atoms. The third-order valence-corrected chi connectivity index (χ3v) is 2.46.